The van der Waals surface area contributed by atoms with Gasteiger partial charge in [-0.1, -0.05) is 59.1 Å². The largest absolute Gasteiger partial charge is 0.295 e. The van der Waals surface area contributed by atoms with E-state index >= 15 is 0 Å². The van der Waals surface area contributed by atoms with Crippen LogP contribution in [0.4, 0.5) is 0 Å². The minimum atomic E-state index is 0.211. The van der Waals surface area contributed by atoms with E-state index < -0.39 is 0 Å². The molecule has 0 heterocycles. The van der Waals surface area contributed by atoms with Crippen molar-refractivity contribution in [3.8, 4) is 0 Å². The summed E-state index contributed by atoms with van der Waals surface area (Å²) in [7, 11) is 0. The minimum absolute atomic E-state index is 0.211. The van der Waals surface area contributed by atoms with Crippen LogP contribution < -0.4 is 0 Å². The minimum Gasteiger partial charge on any atom is -0.295 e. The maximum atomic E-state index is 12.4. The van der Waals surface area contributed by atoms with Crippen LogP contribution in [0.15, 0.2) is 11.1 Å². The Morgan fingerprint density at radius 3 is 2.39 bits per heavy atom. The Labute approximate surface area is 127 Å². The van der Waals surface area contributed by atoms with Crippen molar-refractivity contribution in [3.63, 3.8) is 0 Å². The highest BCUT2D eigenvalue weighted by Gasteiger charge is 2.52. The summed E-state index contributed by atoms with van der Waals surface area (Å²) in [6.45, 7) is 7.06. The Balaban J connectivity index is 2.54. The molecule has 18 heavy (non-hydrogen) atoms. The molecule has 0 saturated heterocycles. The Kier molecular flexibility index (Phi) is 4.14. The Morgan fingerprint density at radius 1 is 1.17 bits per heavy atom. The third kappa shape index (κ3) is 2.15. The normalized spacial score (nSPS) is 35.6. The molecule has 2 aliphatic carbocycles. The summed E-state index contributed by atoms with van der Waals surface area (Å²) in [5.41, 5.74) is 2.88. The van der Waals surface area contributed by atoms with E-state index in [1.54, 1.807) is 0 Å². The highest BCUT2D eigenvalue weighted by molar-refractivity contribution is 9.09. The Morgan fingerprint density at radius 2 is 1.83 bits per heavy atom. The average molecular weight is 378 g/mol. The van der Waals surface area contributed by atoms with Gasteiger partial charge in [0.1, 0.15) is 0 Å². The topological polar surface area (TPSA) is 17.1 Å². The number of hydrogen-bond donors (Lipinski definition) is 0. The quantitative estimate of drug-likeness (QED) is 0.627. The van der Waals surface area contributed by atoms with Gasteiger partial charge in [-0.25, -0.2) is 0 Å². The molecule has 102 valence electrons. The molecular weight excluding hydrogens is 356 g/mol. The fourth-order valence-corrected chi connectivity index (χ4v) is 5.82. The van der Waals surface area contributed by atoms with E-state index in [1.807, 2.05) is 0 Å². The van der Waals surface area contributed by atoms with Crippen LogP contribution in [-0.2, 0) is 4.79 Å². The van der Waals surface area contributed by atoms with Gasteiger partial charge in [-0.3, -0.25) is 4.79 Å². The molecule has 2 rings (SSSR count). The van der Waals surface area contributed by atoms with Gasteiger partial charge >= 0.3 is 0 Å². The van der Waals surface area contributed by atoms with Crippen molar-refractivity contribution < 1.29 is 4.79 Å². The molecule has 0 bridgehead atoms. The molecule has 0 radical (unpaired) electrons. The molecule has 3 heteroatoms. The molecule has 0 aromatic carbocycles. The van der Waals surface area contributed by atoms with E-state index in [4.69, 9.17) is 0 Å². The van der Waals surface area contributed by atoms with Crippen molar-refractivity contribution in [1.82, 2.24) is 0 Å². The molecule has 0 aromatic heterocycles. The third-order valence-corrected chi connectivity index (χ3v) is 6.40. The summed E-state index contributed by atoms with van der Waals surface area (Å²) in [6.07, 6.45) is 4.49. The van der Waals surface area contributed by atoms with Crippen LogP contribution in [0.25, 0.3) is 0 Å². The molecule has 0 N–H and O–H groups in total. The van der Waals surface area contributed by atoms with Crippen LogP contribution in [0.1, 0.15) is 46.5 Å². The number of carbonyl (C=O) groups is 1. The summed E-state index contributed by atoms with van der Waals surface area (Å²) >= 11 is 7.13. The molecular formula is C15H22Br2O. The summed E-state index contributed by atoms with van der Waals surface area (Å²) in [6, 6.07) is 0. The standard InChI is InChI=1S/C15H22Br2O/c1-14(2)5-4-6-15(3)11(9-17)10(8-16)12(18)7-13(14)15/h13H,4-9H2,1-3H3. The van der Waals surface area contributed by atoms with Crippen LogP contribution in [0, 0.1) is 16.7 Å². The fraction of sp³-hybridized carbons (Fsp3) is 0.800. The van der Waals surface area contributed by atoms with Crippen LogP contribution in [0.2, 0.25) is 0 Å². The number of hydrogen-bond acceptors (Lipinski definition) is 1. The van der Waals surface area contributed by atoms with E-state index in [1.165, 1.54) is 24.8 Å². The van der Waals surface area contributed by atoms with Crippen LogP contribution >= 0.6 is 31.9 Å². The van der Waals surface area contributed by atoms with Gasteiger partial charge in [0.25, 0.3) is 0 Å². The second-order valence-electron chi connectivity index (χ2n) is 6.66. The molecule has 0 spiro atoms. The lowest BCUT2D eigenvalue weighted by atomic mass is 9.50. The zero-order chi connectivity index (χ0) is 13.6. The van der Waals surface area contributed by atoms with Crippen molar-refractivity contribution in [3.05, 3.63) is 11.1 Å². The van der Waals surface area contributed by atoms with Crippen molar-refractivity contribution in [2.75, 3.05) is 10.7 Å². The summed E-state index contributed by atoms with van der Waals surface area (Å²) in [4.78, 5) is 12.4. The molecule has 0 aromatic rings. The molecule has 2 unspecified atom stereocenters. The van der Waals surface area contributed by atoms with E-state index in [2.05, 4.69) is 52.6 Å². The SMILES string of the molecule is CC1(C)CCCC2(C)C(CBr)=C(CBr)C(=O)CC12. The molecule has 1 saturated carbocycles. The van der Waals surface area contributed by atoms with Crippen molar-refractivity contribution in [2.45, 2.75) is 46.5 Å². The average Bonchev–Trinajstić information content (AvgIpc) is 2.29. The number of ketones is 1. The monoisotopic (exact) mass is 376 g/mol. The lowest BCUT2D eigenvalue weighted by Crippen LogP contribution is -2.48. The van der Waals surface area contributed by atoms with Crippen molar-refractivity contribution >= 4 is 37.6 Å². The molecule has 1 nitrogen and oxygen atoms in total. The third-order valence-electron chi connectivity index (χ3n) is 5.28. The first-order chi connectivity index (χ1) is 8.36. The van der Waals surface area contributed by atoms with Crippen molar-refractivity contribution in [1.29, 1.82) is 0 Å². The highest BCUT2D eigenvalue weighted by atomic mass is 79.9. The number of fused-ring (bicyclic) bond motifs is 1. The van der Waals surface area contributed by atoms with Crippen LogP contribution in [-0.4, -0.2) is 16.4 Å². The van der Waals surface area contributed by atoms with Gasteiger partial charge < -0.3 is 0 Å². The molecule has 1 fully saturated rings. The first-order valence-electron chi connectivity index (χ1n) is 6.74. The number of carbonyl (C=O) groups excluding carboxylic acids is 1. The van der Waals surface area contributed by atoms with E-state index in [0.29, 0.717) is 17.0 Å². The predicted octanol–water partition coefficient (Wildman–Crippen LogP) is 4.88. The Bertz CT molecular complexity index is 397. The summed E-state index contributed by atoms with van der Waals surface area (Å²) in [5, 5.41) is 1.54. The van der Waals surface area contributed by atoms with Gasteiger partial charge in [0, 0.05) is 22.7 Å². The maximum Gasteiger partial charge on any atom is 0.160 e. The number of alkyl halides is 2. The smallest absolute Gasteiger partial charge is 0.160 e. The predicted molar refractivity (Wildman–Crippen MR) is 83.5 cm³/mol. The molecule has 2 aliphatic rings. The van der Waals surface area contributed by atoms with Gasteiger partial charge in [0.15, 0.2) is 5.78 Å². The van der Waals surface area contributed by atoms with Crippen molar-refractivity contribution in [2.24, 2.45) is 16.7 Å². The zero-order valence-electron chi connectivity index (χ0n) is 11.5. The maximum absolute atomic E-state index is 12.4. The number of Topliss-reactive ketones (excluding diaryl/α,β-unsaturated/α-hetero) is 1. The van der Waals surface area contributed by atoms with Crippen LogP contribution in [0.3, 0.4) is 0 Å². The van der Waals surface area contributed by atoms with Gasteiger partial charge in [0.2, 0.25) is 0 Å². The van der Waals surface area contributed by atoms with Crippen LogP contribution in [0.5, 0.6) is 0 Å². The van der Waals surface area contributed by atoms with E-state index in [0.717, 1.165) is 17.3 Å². The first kappa shape index (κ1) is 14.8. The van der Waals surface area contributed by atoms with Gasteiger partial charge in [-0.15, -0.1) is 0 Å². The van der Waals surface area contributed by atoms with Gasteiger partial charge in [-0.2, -0.15) is 0 Å². The second kappa shape index (κ2) is 5.05. The zero-order valence-corrected chi connectivity index (χ0v) is 14.7. The van der Waals surface area contributed by atoms with E-state index in [-0.39, 0.29) is 10.8 Å². The van der Waals surface area contributed by atoms with Gasteiger partial charge in [-0.05, 0) is 35.2 Å². The lowest BCUT2D eigenvalue weighted by molar-refractivity contribution is -0.121. The lowest BCUT2D eigenvalue weighted by Gasteiger charge is -2.54. The first-order valence-corrected chi connectivity index (χ1v) is 8.98. The second-order valence-corrected chi connectivity index (χ2v) is 7.79. The number of halogens is 2. The molecule has 0 amide bonds. The highest BCUT2D eigenvalue weighted by Crippen LogP contribution is 2.59. The molecule has 0 aliphatic heterocycles. The van der Waals surface area contributed by atoms with E-state index in [9.17, 15) is 4.79 Å². The fourth-order valence-electron chi connectivity index (χ4n) is 4.19. The summed E-state index contributed by atoms with van der Waals surface area (Å²) < 4.78 is 0. The summed E-state index contributed by atoms with van der Waals surface area (Å²) in [5.74, 6) is 0.861. The number of allylic oxidation sites excluding steroid dienone is 2. The molecule has 2 atom stereocenters. The number of rotatable bonds is 2. The van der Waals surface area contributed by atoms with Gasteiger partial charge in [0.05, 0.1) is 0 Å². The Hall–Kier alpha value is 0.370.